The van der Waals surface area contributed by atoms with Gasteiger partial charge >= 0.3 is 11.8 Å². The van der Waals surface area contributed by atoms with E-state index < -0.39 is 11.8 Å². The van der Waals surface area contributed by atoms with Crippen molar-refractivity contribution in [1.29, 1.82) is 0 Å². The number of hydrazone groups is 1. The fourth-order valence-electron chi connectivity index (χ4n) is 2.77. The smallest absolute Gasteiger partial charge is 0.329 e. The highest BCUT2D eigenvalue weighted by atomic mass is 35.5. The average Bonchev–Trinajstić information content (AvgIpc) is 3.25. The molecule has 0 unspecified atom stereocenters. The maximum atomic E-state index is 11.8. The molecule has 0 spiro atoms. The van der Waals surface area contributed by atoms with E-state index in [1.165, 1.54) is 6.21 Å². The zero-order valence-corrected chi connectivity index (χ0v) is 16.5. The van der Waals surface area contributed by atoms with Crippen LogP contribution in [0.2, 0.25) is 5.02 Å². The van der Waals surface area contributed by atoms with Gasteiger partial charge in [0.05, 0.1) is 12.3 Å². The third-order valence-electron chi connectivity index (χ3n) is 4.31. The van der Waals surface area contributed by atoms with Crippen molar-refractivity contribution in [3.8, 4) is 5.75 Å². The minimum atomic E-state index is -0.828. The van der Waals surface area contributed by atoms with Crippen molar-refractivity contribution in [1.82, 2.24) is 10.7 Å². The Bertz CT molecular complexity index is 882. The Morgan fingerprint density at radius 2 is 2.07 bits per heavy atom. The lowest BCUT2D eigenvalue weighted by atomic mass is 10.2. The number of rotatable bonds is 7. The first-order chi connectivity index (χ1) is 14.1. The lowest BCUT2D eigenvalue weighted by molar-refractivity contribution is -0.139. The van der Waals surface area contributed by atoms with E-state index in [9.17, 15) is 9.59 Å². The average molecular weight is 416 g/mol. The van der Waals surface area contributed by atoms with Gasteiger partial charge in [-0.2, -0.15) is 5.10 Å². The topological polar surface area (TPSA) is 89.0 Å². The molecule has 2 aromatic rings. The number of halogens is 1. The second-order valence-corrected chi connectivity index (χ2v) is 6.90. The minimum Gasteiger partial charge on any atom is -0.489 e. The molecule has 3 rings (SSSR count). The molecule has 1 aliphatic rings. The Balaban J connectivity index is 1.46. The van der Waals surface area contributed by atoms with Crippen LogP contribution in [0, 0.1) is 0 Å². The SMILES string of the molecule is O=C(NC[C@H]1CCCO1)C(=O)N/N=C\c1cccc(OCc2ccccc2Cl)c1. The fourth-order valence-corrected chi connectivity index (χ4v) is 2.96. The standard InChI is InChI=1S/C21H22ClN3O4/c22-19-9-2-1-6-16(19)14-29-17-7-3-5-15(11-17)12-24-25-21(27)20(26)23-13-18-8-4-10-28-18/h1-3,5-7,9,11-12,18H,4,8,10,13-14H2,(H,23,26)(H,25,27)/b24-12-/t18-/m1/s1. The molecule has 29 heavy (non-hydrogen) atoms. The summed E-state index contributed by atoms with van der Waals surface area (Å²) >= 11 is 6.12. The Hall–Kier alpha value is -2.90. The van der Waals surface area contributed by atoms with Crippen LogP contribution in [-0.2, 0) is 20.9 Å². The third-order valence-corrected chi connectivity index (χ3v) is 4.68. The van der Waals surface area contributed by atoms with Crippen molar-refractivity contribution >= 4 is 29.6 Å². The molecule has 0 bridgehead atoms. The van der Waals surface area contributed by atoms with E-state index in [-0.39, 0.29) is 6.10 Å². The highest BCUT2D eigenvalue weighted by molar-refractivity contribution is 6.35. The van der Waals surface area contributed by atoms with E-state index in [0.29, 0.717) is 36.1 Å². The lowest BCUT2D eigenvalue weighted by Gasteiger charge is -2.09. The molecule has 1 heterocycles. The van der Waals surface area contributed by atoms with E-state index in [1.807, 2.05) is 30.3 Å². The van der Waals surface area contributed by atoms with E-state index in [4.69, 9.17) is 21.1 Å². The summed E-state index contributed by atoms with van der Waals surface area (Å²) < 4.78 is 11.1. The Morgan fingerprint density at radius 1 is 1.21 bits per heavy atom. The summed E-state index contributed by atoms with van der Waals surface area (Å²) in [6.45, 7) is 1.35. The highest BCUT2D eigenvalue weighted by Gasteiger charge is 2.18. The normalized spacial score (nSPS) is 16.0. The van der Waals surface area contributed by atoms with Gasteiger partial charge in [0.25, 0.3) is 0 Å². The van der Waals surface area contributed by atoms with Gasteiger partial charge in [-0.15, -0.1) is 0 Å². The van der Waals surface area contributed by atoms with Crippen molar-refractivity contribution in [3.05, 3.63) is 64.7 Å². The monoisotopic (exact) mass is 415 g/mol. The molecule has 0 saturated carbocycles. The number of nitrogens with one attached hydrogen (secondary N) is 2. The van der Waals surface area contributed by atoms with Crippen LogP contribution in [0.15, 0.2) is 53.6 Å². The predicted octanol–water partition coefficient (Wildman–Crippen LogP) is 2.66. The van der Waals surface area contributed by atoms with Gasteiger partial charge in [-0.3, -0.25) is 9.59 Å². The minimum absolute atomic E-state index is 0.0243. The van der Waals surface area contributed by atoms with Crippen LogP contribution in [0.25, 0.3) is 0 Å². The van der Waals surface area contributed by atoms with Gasteiger partial charge in [-0.05, 0) is 36.6 Å². The molecule has 1 saturated heterocycles. The van der Waals surface area contributed by atoms with Gasteiger partial charge < -0.3 is 14.8 Å². The van der Waals surface area contributed by atoms with Gasteiger partial charge in [-0.25, -0.2) is 5.43 Å². The number of amides is 2. The van der Waals surface area contributed by atoms with Crippen LogP contribution in [0.1, 0.15) is 24.0 Å². The van der Waals surface area contributed by atoms with E-state index >= 15 is 0 Å². The Kier molecular flexibility index (Phi) is 7.61. The van der Waals surface area contributed by atoms with Crippen LogP contribution in [0.3, 0.4) is 0 Å². The molecule has 8 heteroatoms. The largest absolute Gasteiger partial charge is 0.489 e. The van der Waals surface area contributed by atoms with Crippen molar-refractivity contribution in [2.75, 3.05) is 13.2 Å². The van der Waals surface area contributed by atoms with Gasteiger partial charge in [0.15, 0.2) is 0 Å². The molecule has 1 aliphatic heterocycles. The van der Waals surface area contributed by atoms with Crippen LogP contribution >= 0.6 is 11.6 Å². The third kappa shape index (κ3) is 6.58. The van der Waals surface area contributed by atoms with Crippen LogP contribution in [-0.4, -0.2) is 37.3 Å². The maximum absolute atomic E-state index is 11.8. The van der Waals surface area contributed by atoms with Crippen LogP contribution < -0.4 is 15.5 Å². The summed E-state index contributed by atoms with van der Waals surface area (Å²) in [5, 5.41) is 7.01. The van der Waals surface area contributed by atoms with Crippen molar-refractivity contribution in [2.24, 2.45) is 5.10 Å². The van der Waals surface area contributed by atoms with Gasteiger partial charge in [0.1, 0.15) is 12.4 Å². The van der Waals surface area contributed by atoms with E-state index in [1.54, 1.807) is 18.2 Å². The number of ether oxygens (including phenoxy) is 2. The summed E-state index contributed by atoms with van der Waals surface area (Å²) in [5.74, 6) is -0.936. The lowest BCUT2D eigenvalue weighted by Crippen LogP contribution is -2.41. The maximum Gasteiger partial charge on any atom is 0.329 e. The molecule has 1 fully saturated rings. The number of hydrogen-bond donors (Lipinski definition) is 2. The van der Waals surface area contributed by atoms with Crippen molar-refractivity contribution < 1.29 is 19.1 Å². The molecular formula is C21H22ClN3O4. The van der Waals surface area contributed by atoms with Gasteiger partial charge in [0.2, 0.25) is 0 Å². The second-order valence-electron chi connectivity index (χ2n) is 6.50. The molecule has 2 aromatic carbocycles. The molecule has 1 atom stereocenters. The summed E-state index contributed by atoms with van der Waals surface area (Å²) in [4.78, 5) is 23.5. The Labute approximate surface area is 174 Å². The van der Waals surface area contributed by atoms with Crippen molar-refractivity contribution in [3.63, 3.8) is 0 Å². The van der Waals surface area contributed by atoms with E-state index in [2.05, 4.69) is 15.8 Å². The molecule has 0 aromatic heterocycles. The number of nitrogens with zero attached hydrogens (tertiary/aromatic N) is 1. The van der Waals surface area contributed by atoms with Gasteiger partial charge in [-0.1, -0.05) is 41.9 Å². The zero-order valence-electron chi connectivity index (χ0n) is 15.8. The molecular weight excluding hydrogens is 394 g/mol. The predicted molar refractivity (Wildman–Crippen MR) is 110 cm³/mol. The van der Waals surface area contributed by atoms with Crippen LogP contribution in [0.5, 0.6) is 5.75 Å². The first kappa shape index (κ1) is 20.8. The summed E-state index contributed by atoms with van der Waals surface area (Å²) in [6, 6.07) is 14.6. The fraction of sp³-hybridized carbons (Fsp3) is 0.286. The van der Waals surface area contributed by atoms with E-state index in [0.717, 1.165) is 18.4 Å². The van der Waals surface area contributed by atoms with Crippen molar-refractivity contribution in [2.45, 2.75) is 25.6 Å². The van der Waals surface area contributed by atoms with Crippen LogP contribution in [0.4, 0.5) is 0 Å². The molecule has 7 nitrogen and oxygen atoms in total. The Morgan fingerprint density at radius 3 is 2.86 bits per heavy atom. The summed E-state index contributed by atoms with van der Waals surface area (Å²) in [6.07, 6.45) is 3.27. The molecule has 0 aliphatic carbocycles. The summed E-state index contributed by atoms with van der Waals surface area (Å²) in [5.41, 5.74) is 3.80. The highest BCUT2D eigenvalue weighted by Crippen LogP contribution is 2.19. The second kappa shape index (κ2) is 10.6. The number of hydrogen-bond acceptors (Lipinski definition) is 5. The number of carbonyl (C=O) groups is 2. The quantitative estimate of drug-likeness (QED) is 0.413. The molecule has 2 N–H and O–H groups in total. The number of benzene rings is 2. The first-order valence-corrected chi connectivity index (χ1v) is 9.69. The molecule has 2 amide bonds. The first-order valence-electron chi connectivity index (χ1n) is 9.31. The summed E-state index contributed by atoms with van der Waals surface area (Å²) in [7, 11) is 0. The van der Waals surface area contributed by atoms with Gasteiger partial charge in [0, 0.05) is 23.7 Å². The molecule has 152 valence electrons. The number of carbonyl (C=O) groups excluding carboxylic acids is 2. The molecule has 0 radical (unpaired) electrons. The zero-order chi connectivity index (χ0) is 20.5.